The molecule has 1 unspecified atom stereocenters. The van der Waals surface area contributed by atoms with Gasteiger partial charge in [-0.2, -0.15) is 0 Å². The number of carbonyl (C=O) groups excluding carboxylic acids is 1. The summed E-state index contributed by atoms with van der Waals surface area (Å²) in [5.74, 6) is 0.749. The van der Waals surface area contributed by atoms with Crippen LogP contribution in [0.25, 0.3) is 0 Å². The van der Waals surface area contributed by atoms with Crippen molar-refractivity contribution in [3.8, 4) is 0 Å². The number of hydrogen-bond acceptors (Lipinski definition) is 8. The molecule has 12 heteroatoms. The van der Waals surface area contributed by atoms with Crippen molar-refractivity contribution in [2.24, 2.45) is 21.5 Å². The van der Waals surface area contributed by atoms with E-state index in [1.54, 1.807) is 27.6 Å². The molecule has 4 aromatic rings. The van der Waals surface area contributed by atoms with Crippen LogP contribution in [0.1, 0.15) is 63.8 Å². The number of fused-ring (bicyclic) bond motifs is 2. The molecular formula is C40H49FN8OS2. The van der Waals surface area contributed by atoms with E-state index in [0.717, 1.165) is 53.5 Å². The molecule has 1 atom stereocenters. The zero-order valence-electron chi connectivity index (χ0n) is 30.2. The largest absolute Gasteiger partial charge is 0.383 e. The molecule has 4 N–H and O–H groups in total. The first-order valence-corrected chi connectivity index (χ1v) is 20.1. The molecule has 0 saturated carbocycles. The van der Waals surface area contributed by atoms with Crippen molar-refractivity contribution >= 4 is 63.0 Å². The molecule has 0 aliphatic carbocycles. The van der Waals surface area contributed by atoms with Crippen LogP contribution in [0.3, 0.4) is 0 Å². The fourth-order valence-corrected chi connectivity index (χ4v) is 9.25. The number of nitrogens with zero attached hydrogens (tertiary/aromatic N) is 6. The highest BCUT2D eigenvalue weighted by molar-refractivity contribution is 7.14. The summed E-state index contributed by atoms with van der Waals surface area (Å²) in [6.07, 6.45) is 6.66. The Labute approximate surface area is 314 Å². The number of amides is 1. The molecule has 0 bridgehead atoms. The summed E-state index contributed by atoms with van der Waals surface area (Å²) in [5.41, 5.74) is 18.1. The van der Waals surface area contributed by atoms with Crippen molar-refractivity contribution in [2.75, 3.05) is 69.7 Å². The van der Waals surface area contributed by atoms with E-state index in [0.29, 0.717) is 54.9 Å². The molecule has 3 aliphatic rings. The van der Waals surface area contributed by atoms with Gasteiger partial charge in [0.1, 0.15) is 17.5 Å². The van der Waals surface area contributed by atoms with E-state index in [4.69, 9.17) is 16.5 Å². The van der Waals surface area contributed by atoms with Gasteiger partial charge in [0.2, 0.25) is 5.91 Å². The molecule has 1 amide bonds. The average molecular weight is 741 g/mol. The molecule has 0 spiro atoms. The second-order valence-corrected chi connectivity index (χ2v) is 16.4. The molecule has 7 rings (SSSR count). The van der Waals surface area contributed by atoms with Crippen LogP contribution in [0.15, 0.2) is 70.0 Å². The lowest BCUT2D eigenvalue weighted by Crippen LogP contribution is -2.40. The van der Waals surface area contributed by atoms with Gasteiger partial charge in [0, 0.05) is 61.7 Å². The Morgan fingerprint density at radius 1 is 0.885 bits per heavy atom. The first-order valence-electron chi connectivity index (χ1n) is 18.4. The third-order valence-electron chi connectivity index (χ3n) is 10.4. The molecule has 274 valence electrons. The Morgan fingerprint density at radius 2 is 1.67 bits per heavy atom. The second-order valence-electron chi connectivity index (χ2n) is 14.4. The van der Waals surface area contributed by atoms with Crippen molar-refractivity contribution in [1.82, 2.24) is 9.80 Å². The van der Waals surface area contributed by atoms with E-state index in [2.05, 4.69) is 39.1 Å². The summed E-state index contributed by atoms with van der Waals surface area (Å²) < 4.78 is 15.6. The van der Waals surface area contributed by atoms with Crippen LogP contribution >= 0.6 is 22.7 Å². The van der Waals surface area contributed by atoms with Crippen LogP contribution in [0.4, 0.5) is 27.1 Å². The normalized spacial score (nSPS) is 18.8. The lowest BCUT2D eigenvalue weighted by atomic mass is 9.99. The number of halogens is 1. The maximum Gasteiger partial charge on any atom is 0.227 e. The van der Waals surface area contributed by atoms with Crippen LogP contribution in [-0.2, 0) is 17.6 Å². The number of thiophene rings is 2. The summed E-state index contributed by atoms with van der Waals surface area (Å²) in [7, 11) is 3.89. The fourth-order valence-electron chi connectivity index (χ4n) is 7.58. The zero-order valence-corrected chi connectivity index (χ0v) is 31.8. The number of rotatable bonds is 11. The van der Waals surface area contributed by atoms with Gasteiger partial charge >= 0.3 is 0 Å². The predicted octanol–water partition coefficient (Wildman–Crippen LogP) is 6.89. The maximum absolute atomic E-state index is 15.6. The van der Waals surface area contributed by atoms with Gasteiger partial charge in [-0.05, 0) is 118 Å². The minimum Gasteiger partial charge on any atom is -0.383 e. The third-order valence-corrected chi connectivity index (χ3v) is 12.5. The monoisotopic (exact) mass is 740 g/mol. The number of likely N-dealkylation sites (tertiary alicyclic amines) is 1. The minimum absolute atomic E-state index is 0.0467. The van der Waals surface area contributed by atoms with Crippen molar-refractivity contribution in [3.05, 3.63) is 91.6 Å². The highest BCUT2D eigenvalue weighted by atomic mass is 32.1. The van der Waals surface area contributed by atoms with Gasteiger partial charge in [-0.15, -0.1) is 22.7 Å². The molecule has 9 nitrogen and oxygen atoms in total. The van der Waals surface area contributed by atoms with Crippen LogP contribution in [0, 0.1) is 5.82 Å². The molecular weight excluding hydrogens is 692 g/mol. The number of benzene rings is 2. The van der Waals surface area contributed by atoms with E-state index < -0.39 is 5.82 Å². The Morgan fingerprint density at radius 3 is 2.46 bits per heavy atom. The van der Waals surface area contributed by atoms with E-state index in [1.807, 2.05) is 48.6 Å². The number of aliphatic imine (C=N–C) groups is 2. The van der Waals surface area contributed by atoms with Gasteiger partial charge in [0.25, 0.3) is 0 Å². The van der Waals surface area contributed by atoms with Crippen molar-refractivity contribution < 1.29 is 9.18 Å². The Hall–Kier alpha value is -4.10. The van der Waals surface area contributed by atoms with Crippen LogP contribution < -0.4 is 21.3 Å². The van der Waals surface area contributed by atoms with E-state index in [1.165, 1.54) is 54.5 Å². The Bertz CT molecular complexity index is 1930. The van der Waals surface area contributed by atoms with Gasteiger partial charge in [-0.3, -0.25) is 4.79 Å². The number of nitrogens with two attached hydrogens (primary N) is 2. The number of hydrogen-bond donors (Lipinski definition) is 2. The quantitative estimate of drug-likeness (QED) is 0.128. The Kier molecular flexibility index (Phi) is 11.4. The highest BCUT2D eigenvalue weighted by Crippen LogP contribution is 2.38. The summed E-state index contributed by atoms with van der Waals surface area (Å²) in [6.45, 7) is 6.37. The van der Waals surface area contributed by atoms with E-state index in [-0.39, 0.29) is 5.91 Å². The van der Waals surface area contributed by atoms with Crippen molar-refractivity contribution in [2.45, 2.75) is 50.9 Å². The highest BCUT2D eigenvalue weighted by Gasteiger charge is 2.29. The van der Waals surface area contributed by atoms with Gasteiger partial charge in [-0.25, -0.2) is 14.4 Å². The number of carbonyl (C=O) groups is 1. The van der Waals surface area contributed by atoms with Crippen LogP contribution in [0.5, 0.6) is 0 Å². The smallest absolute Gasteiger partial charge is 0.227 e. The number of amidine groups is 2. The molecule has 3 aliphatic heterocycles. The van der Waals surface area contributed by atoms with E-state index >= 15 is 4.39 Å². The standard InChI is InChI=1S/C40H49FN8OS2/c1-46(2)18-21-49-37(50)15-10-28-24-31(25-32(41)38(28)49)45-40(43)36-14-13-34(52-36)29-9-8-27-23-30(44-39(42)35-7-6-22-51-35)11-12-33(27)48(26-29)20-19-47-16-4-3-5-17-47/h6-7,11-14,22-25,29H,3-5,8-10,15-21,26H2,1-2H3,(H2,42,44)(H2,43,45). The number of anilines is 2. The maximum atomic E-state index is 15.6. The molecule has 52 heavy (non-hydrogen) atoms. The van der Waals surface area contributed by atoms with Gasteiger partial charge in [-0.1, -0.05) is 12.5 Å². The SMILES string of the molecule is CN(C)CCN1C(=O)CCc2cc(N=C(N)c3ccc(C4CCc5cc(N=C(N)c6cccs6)ccc5N(CCN5CCCCC5)C4)s3)cc(F)c21. The molecule has 5 heterocycles. The molecule has 2 aromatic carbocycles. The van der Waals surface area contributed by atoms with Crippen LogP contribution in [0.2, 0.25) is 0 Å². The predicted molar refractivity (Wildman–Crippen MR) is 215 cm³/mol. The average Bonchev–Trinajstić information content (AvgIpc) is 3.83. The molecule has 2 aromatic heterocycles. The number of aryl methyl sites for hydroxylation is 2. The lowest BCUT2D eigenvalue weighted by molar-refractivity contribution is -0.119. The zero-order chi connectivity index (χ0) is 36.2. The summed E-state index contributed by atoms with van der Waals surface area (Å²) in [5, 5.41) is 2.02. The molecule has 0 radical (unpaired) electrons. The second kappa shape index (κ2) is 16.3. The Balaban J connectivity index is 1.11. The van der Waals surface area contributed by atoms with Crippen molar-refractivity contribution in [1.29, 1.82) is 0 Å². The summed E-state index contributed by atoms with van der Waals surface area (Å²) in [4.78, 5) is 34.0. The fraction of sp³-hybridized carbons (Fsp3) is 0.425. The summed E-state index contributed by atoms with van der Waals surface area (Å²) >= 11 is 3.27. The molecule has 1 saturated heterocycles. The van der Waals surface area contributed by atoms with Gasteiger partial charge in [0.05, 0.1) is 26.8 Å². The topological polar surface area (TPSA) is 107 Å². The third kappa shape index (κ3) is 8.41. The first-order chi connectivity index (χ1) is 25.2. The number of piperidine rings is 1. The molecule has 1 fully saturated rings. The first kappa shape index (κ1) is 36.3. The van der Waals surface area contributed by atoms with Gasteiger partial charge < -0.3 is 31.1 Å². The van der Waals surface area contributed by atoms with Crippen molar-refractivity contribution in [3.63, 3.8) is 0 Å². The lowest BCUT2D eigenvalue weighted by Gasteiger charge is -2.32. The van der Waals surface area contributed by atoms with Gasteiger partial charge in [0.15, 0.2) is 0 Å². The minimum atomic E-state index is -0.437. The number of likely N-dealkylation sites (N-methyl/N-ethyl adjacent to an activating group) is 1. The van der Waals surface area contributed by atoms with E-state index in [9.17, 15) is 4.79 Å². The van der Waals surface area contributed by atoms with Crippen LogP contribution in [-0.4, -0.2) is 87.3 Å². The summed E-state index contributed by atoms with van der Waals surface area (Å²) in [6, 6.07) is 18.0.